The van der Waals surface area contributed by atoms with Gasteiger partial charge in [-0.1, -0.05) is 46.3 Å². The minimum Gasteiger partial charge on any atom is -0.493 e. The van der Waals surface area contributed by atoms with Crippen LogP contribution in [0.4, 0.5) is 9.59 Å². The quantitative estimate of drug-likeness (QED) is 0.161. The van der Waals surface area contributed by atoms with Crippen molar-refractivity contribution in [3.63, 3.8) is 0 Å². The Morgan fingerprint density at radius 1 is 0.773 bits per heavy atom. The molecule has 2 heterocycles. The predicted octanol–water partition coefficient (Wildman–Crippen LogP) is 8.58. The first-order chi connectivity index (χ1) is 20.8. The van der Waals surface area contributed by atoms with Gasteiger partial charge in [-0.15, -0.1) is 0 Å². The molecule has 5 rings (SSSR count). The molecule has 0 N–H and O–H groups in total. The van der Waals surface area contributed by atoms with Gasteiger partial charge in [-0.3, -0.25) is 0 Å². The fraction of sp³-hybridized carbons (Fsp3) is 0.324. The van der Waals surface area contributed by atoms with E-state index in [1.54, 1.807) is 39.0 Å². The van der Waals surface area contributed by atoms with Crippen LogP contribution in [0.1, 0.15) is 47.1 Å². The Hall–Kier alpha value is -4.31. The molecule has 0 aliphatic heterocycles. The molecule has 5 aromatic rings. The second-order valence-corrected chi connectivity index (χ2v) is 13.1. The third kappa shape index (κ3) is 7.07. The average Bonchev–Trinajstić information content (AvgIpc) is 3.52. The summed E-state index contributed by atoms with van der Waals surface area (Å²) in [5.74, 6) is 1.18. The summed E-state index contributed by atoms with van der Waals surface area (Å²) in [6.45, 7) is 11.6. The van der Waals surface area contributed by atoms with Gasteiger partial charge >= 0.3 is 12.2 Å². The van der Waals surface area contributed by atoms with Crippen molar-refractivity contribution in [2.75, 3.05) is 11.9 Å². The zero-order chi connectivity index (χ0) is 31.6. The molecule has 230 valence electrons. The standard InChI is InChI=1S/C34H36BrN3O6/c1-33(2,3)43-31(39)37-28-20-25(41-17-16-35)13-12-23(28)18-29(37)30-26-19-24(42-21-22-10-8-7-9-11-22)14-15-27(26)38(36-30)32(40)44-34(4,5)6/h7-15,18-20H,16-17,21H2,1-6H3. The summed E-state index contributed by atoms with van der Waals surface area (Å²) in [6.07, 6.45) is -1.23. The SMILES string of the molecule is CC(C)(C)OC(=O)n1nc(-c2cc3ccc(OCCBr)cc3n2C(=O)OC(C)(C)C)c2cc(OCc3ccccc3)ccc21. The van der Waals surface area contributed by atoms with Gasteiger partial charge in [-0.05, 0) is 83.5 Å². The highest BCUT2D eigenvalue weighted by Crippen LogP contribution is 2.36. The molecule has 0 amide bonds. The van der Waals surface area contributed by atoms with Crippen LogP contribution < -0.4 is 9.47 Å². The van der Waals surface area contributed by atoms with Gasteiger partial charge < -0.3 is 18.9 Å². The Labute approximate surface area is 264 Å². The molecule has 0 aliphatic carbocycles. The number of hydrogen-bond acceptors (Lipinski definition) is 7. The number of benzene rings is 3. The average molecular weight is 663 g/mol. The molecular weight excluding hydrogens is 626 g/mol. The highest BCUT2D eigenvalue weighted by molar-refractivity contribution is 9.09. The Morgan fingerprint density at radius 2 is 1.43 bits per heavy atom. The van der Waals surface area contributed by atoms with Gasteiger partial charge in [0.2, 0.25) is 0 Å². The molecule has 0 unspecified atom stereocenters. The van der Waals surface area contributed by atoms with E-state index in [1.165, 1.54) is 9.25 Å². The van der Waals surface area contributed by atoms with Crippen molar-refractivity contribution >= 4 is 49.9 Å². The maximum absolute atomic E-state index is 13.8. The van der Waals surface area contributed by atoms with Gasteiger partial charge in [0.1, 0.15) is 35.0 Å². The van der Waals surface area contributed by atoms with Crippen LogP contribution in [0.5, 0.6) is 11.5 Å². The molecule has 0 saturated heterocycles. The van der Waals surface area contributed by atoms with E-state index < -0.39 is 23.4 Å². The van der Waals surface area contributed by atoms with Gasteiger partial charge in [0.25, 0.3) is 0 Å². The summed E-state index contributed by atoms with van der Waals surface area (Å²) in [5.41, 5.74) is 1.43. The zero-order valence-electron chi connectivity index (χ0n) is 25.7. The molecule has 0 aliphatic rings. The minimum atomic E-state index is -0.759. The van der Waals surface area contributed by atoms with E-state index in [2.05, 4.69) is 15.9 Å². The second-order valence-electron chi connectivity index (χ2n) is 12.3. The highest BCUT2D eigenvalue weighted by Gasteiger charge is 2.28. The molecule has 9 nitrogen and oxygen atoms in total. The van der Waals surface area contributed by atoms with Crippen molar-refractivity contribution in [1.29, 1.82) is 0 Å². The number of nitrogens with zero attached hydrogens (tertiary/aromatic N) is 3. The lowest BCUT2D eigenvalue weighted by Crippen LogP contribution is -2.28. The molecule has 10 heteroatoms. The fourth-order valence-corrected chi connectivity index (χ4v) is 4.83. The molecular formula is C34H36BrN3O6. The van der Waals surface area contributed by atoms with E-state index in [9.17, 15) is 9.59 Å². The number of rotatable bonds is 7. The molecule has 0 radical (unpaired) electrons. The van der Waals surface area contributed by atoms with Crippen LogP contribution in [-0.2, 0) is 16.1 Å². The van der Waals surface area contributed by atoms with Gasteiger partial charge in [0, 0.05) is 22.2 Å². The topological polar surface area (TPSA) is 93.8 Å². The van der Waals surface area contributed by atoms with Gasteiger partial charge in [0.05, 0.1) is 23.3 Å². The van der Waals surface area contributed by atoms with Crippen LogP contribution >= 0.6 is 15.9 Å². The Balaban J connectivity index is 1.70. The van der Waals surface area contributed by atoms with Crippen molar-refractivity contribution < 1.29 is 28.5 Å². The first-order valence-corrected chi connectivity index (χ1v) is 15.5. The Morgan fingerprint density at radius 3 is 2.11 bits per heavy atom. The Bertz CT molecular complexity index is 1810. The normalized spacial score (nSPS) is 12.0. The summed E-state index contributed by atoms with van der Waals surface area (Å²) < 4.78 is 26.2. The smallest absolute Gasteiger partial charge is 0.435 e. The largest absolute Gasteiger partial charge is 0.493 e. The first-order valence-electron chi connectivity index (χ1n) is 14.3. The van der Waals surface area contributed by atoms with E-state index in [0.29, 0.717) is 57.9 Å². The second kappa shape index (κ2) is 12.4. The fourth-order valence-electron chi connectivity index (χ4n) is 4.67. The van der Waals surface area contributed by atoms with E-state index in [0.717, 1.165) is 10.9 Å². The predicted molar refractivity (Wildman–Crippen MR) is 174 cm³/mol. The third-order valence-corrected chi connectivity index (χ3v) is 6.73. The van der Waals surface area contributed by atoms with E-state index >= 15 is 0 Å². The van der Waals surface area contributed by atoms with E-state index in [1.807, 2.05) is 75.4 Å². The van der Waals surface area contributed by atoms with Crippen molar-refractivity contribution in [1.82, 2.24) is 14.3 Å². The molecule has 0 saturated carbocycles. The number of carbonyl (C=O) groups excluding carboxylic acids is 2. The molecule has 44 heavy (non-hydrogen) atoms. The summed E-state index contributed by atoms with van der Waals surface area (Å²) in [6, 6.07) is 22.6. The van der Waals surface area contributed by atoms with Crippen molar-refractivity contribution in [2.24, 2.45) is 0 Å². The number of aromatic nitrogens is 3. The zero-order valence-corrected chi connectivity index (χ0v) is 27.3. The minimum absolute atomic E-state index is 0.358. The first kappa shape index (κ1) is 31.1. The summed E-state index contributed by atoms with van der Waals surface area (Å²) >= 11 is 3.38. The maximum atomic E-state index is 13.8. The third-order valence-electron chi connectivity index (χ3n) is 6.41. The number of hydrogen-bond donors (Lipinski definition) is 0. The monoisotopic (exact) mass is 661 g/mol. The number of carbonyl (C=O) groups is 2. The molecule has 0 spiro atoms. The Kier molecular flexibility index (Phi) is 8.74. The van der Waals surface area contributed by atoms with Crippen LogP contribution in [0.15, 0.2) is 72.8 Å². The summed E-state index contributed by atoms with van der Waals surface area (Å²) in [7, 11) is 0. The lowest BCUT2D eigenvalue weighted by Gasteiger charge is -2.21. The number of fused-ring (bicyclic) bond motifs is 2. The lowest BCUT2D eigenvalue weighted by atomic mass is 10.1. The van der Waals surface area contributed by atoms with Crippen LogP contribution in [0.3, 0.4) is 0 Å². The molecule has 0 fully saturated rings. The molecule has 3 aromatic carbocycles. The number of alkyl halides is 1. The number of halogens is 1. The molecule has 0 bridgehead atoms. The van der Waals surface area contributed by atoms with Gasteiger partial charge in [0.15, 0.2) is 0 Å². The maximum Gasteiger partial charge on any atom is 0.435 e. The van der Waals surface area contributed by atoms with Crippen LogP contribution in [0, 0.1) is 0 Å². The van der Waals surface area contributed by atoms with E-state index in [4.69, 9.17) is 24.0 Å². The van der Waals surface area contributed by atoms with Crippen LogP contribution in [-0.4, -0.2) is 49.7 Å². The van der Waals surface area contributed by atoms with Crippen molar-refractivity contribution in [3.05, 3.63) is 78.4 Å². The van der Waals surface area contributed by atoms with Crippen molar-refractivity contribution in [2.45, 2.75) is 59.4 Å². The van der Waals surface area contributed by atoms with Crippen LogP contribution in [0.25, 0.3) is 33.2 Å². The lowest BCUT2D eigenvalue weighted by molar-refractivity contribution is 0.0520. The van der Waals surface area contributed by atoms with E-state index in [-0.39, 0.29) is 0 Å². The summed E-state index contributed by atoms with van der Waals surface area (Å²) in [5, 5.41) is 6.76. The van der Waals surface area contributed by atoms with Gasteiger partial charge in [-0.25, -0.2) is 14.2 Å². The van der Waals surface area contributed by atoms with Crippen LogP contribution in [0.2, 0.25) is 0 Å². The highest BCUT2D eigenvalue weighted by atomic mass is 79.9. The van der Waals surface area contributed by atoms with Crippen molar-refractivity contribution in [3.8, 4) is 22.9 Å². The summed E-state index contributed by atoms with van der Waals surface area (Å²) in [4.78, 5) is 27.2. The number of ether oxygens (including phenoxy) is 4. The molecule has 2 aromatic heterocycles. The van der Waals surface area contributed by atoms with Gasteiger partial charge in [-0.2, -0.15) is 9.78 Å². The molecule has 0 atom stereocenters.